The molecule has 0 heterocycles. The second-order valence-corrected chi connectivity index (χ2v) is 11.6. The molecule has 0 spiro atoms. The Morgan fingerprint density at radius 1 is 0.385 bits per heavy atom. The van der Waals surface area contributed by atoms with Crippen molar-refractivity contribution >= 4 is 7.82 Å². The van der Waals surface area contributed by atoms with Crippen LogP contribution in [0, 0.1) is 0 Å². The van der Waals surface area contributed by atoms with Crippen molar-refractivity contribution < 1.29 is 179 Å². The summed E-state index contributed by atoms with van der Waals surface area (Å²) in [5.41, 5.74) is 0. The van der Waals surface area contributed by atoms with Crippen molar-refractivity contribution in [1.29, 1.82) is 0 Å². The summed E-state index contributed by atoms with van der Waals surface area (Å²) in [6, 6.07) is 0. The summed E-state index contributed by atoms with van der Waals surface area (Å²) >= 11 is 0. The molecule has 1 N–H and O–H groups in total. The Morgan fingerprint density at radius 2 is 0.513 bits per heavy atom. The monoisotopic (exact) mass is 650 g/mol. The molecule has 0 aromatic heterocycles. The fourth-order valence-corrected chi connectivity index (χ4v) is 4.78. The van der Waals surface area contributed by atoms with Crippen LogP contribution in [0.5, 0.6) is 0 Å². The zero-order valence-corrected chi connectivity index (χ0v) is 37.3. The normalized spacial score (nSPS) is 10.6. The molecular formula is C30H62K3O5P. The van der Waals surface area contributed by atoms with Gasteiger partial charge in [-0.2, -0.15) is 7.82 Å². The van der Waals surface area contributed by atoms with Gasteiger partial charge in [-0.1, -0.05) is 180 Å². The van der Waals surface area contributed by atoms with E-state index in [-0.39, 0.29) is 154 Å². The first-order valence-corrected chi connectivity index (χ1v) is 17.2. The summed E-state index contributed by atoms with van der Waals surface area (Å²) in [5, 5.41) is 8.76. The van der Waals surface area contributed by atoms with Gasteiger partial charge in [-0.25, -0.2) is 0 Å². The Labute approximate surface area is 372 Å². The van der Waals surface area contributed by atoms with Crippen LogP contribution in [-0.4, -0.2) is 11.7 Å². The molecule has 0 aliphatic heterocycles. The number of phosphoric acid groups is 1. The molecule has 220 valence electrons. The number of aliphatic hydroxyl groups is 1. The summed E-state index contributed by atoms with van der Waals surface area (Å²) in [4.78, 5) is 25.6. The molecule has 5 nitrogen and oxygen atoms in total. The van der Waals surface area contributed by atoms with Gasteiger partial charge in [0.1, 0.15) is 0 Å². The molecule has 0 saturated carbocycles. The van der Waals surface area contributed by atoms with Gasteiger partial charge in [0.25, 0.3) is 0 Å². The summed E-state index contributed by atoms with van der Waals surface area (Å²) in [7, 11) is -5.39. The number of unbranched alkanes of at least 4 members (excludes halogenated alkanes) is 27. The van der Waals surface area contributed by atoms with Crippen LogP contribution in [0.2, 0.25) is 0 Å². The smallest absolute Gasteiger partial charge is 0.822 e. The van der Waals surface area contributed by atoms with Crippen LogP contribution in [0.25, 0.3) is 0 Å². The second kappa shape index (κ2) is 47.4. The fourth-order valence-electron chi connectivity index (χ4n) is 4.78. The largest absolute Gasteiger partial charge is 1.00 e. The van der Waals surface area contributed by atoms with Crippen LogP contribution < -0.4 is 169 Å². The van der Waals surface area contributed by atoms with Crippen LogP contribution in [0.15, 0.2) is 0 Å². The first kappa shape index (κ1) is 53.5. The van der Waals surface area contributed by atoms with E-state index in [1.54, 1.807) is 0 Å². The Kier molecular flexibility index (Phi) is 65.0. The summed E-state index contributed by atoms with van der Waals surface area (Å²) < 4.78 is 8.55. The van der Waals surface area contributed by atoms with E-state index in [0.29, 0.717) is 6.61 Å². The Balaban J connectivity index is -0.000000438. The predicted molar refractivity (Wildman–Crippen MR) is 150 cm³/mol. The van der Waals surface area contributed by atoms with Gasteiger partial charge in [0.15, 0.2) is 0 Å². The third kappa shape index (κ3) is 66.4. The van der Waals surface area contributed by atoms with Crippen LogP contribution in [0.4, 0.5) is 0 Å². The van der Waals surface area contributed by atoms with Crippen molar-refractivity contribution in [3.05, 3.63) is 0 Å². The summed E-state index contributed by atoms with van der Waals surface area (Å²) in [6.45, 7) is 2.68. The standard InChI is InChI=1S/C30H62O.3K.H3O4P/c1-2-3-4-5-6-7-8-9-10-11-12-13-14-15-16-17-18-19-20-21-22-23-24-25-26-27-28-29-30-31;;;;1-5(2,3)4/h31H,2-30H2,1H3;;;;(H3,1,2,3,4)/q;3*+1;/p-3. The molecule has 0 aliphatic rings. The first-order valence-electron chi connectivity index (χ1n) is 15.8. The number of hydrogen-bond acceptors (Lipinski definition) is 5. The zero-order chi connectivity index (χ0) is 27.0. The molecule has 0 rings (SSSR count). The zero-order valence-electron chi connectivity index (χ0n) is 27.0. The van der Waals surface area contributed by atoms with Crippen molar-refractivity contribution in [1.82, 2.24) is 0 Å². The van der Waals surface area contributed by atoms with E-state index in [0.717, 1.165) is 6.42 Å². The SMILES string of the molecule is CCCCCCCCCCCCCCCCCCCCCCCCCCCCCCO.O=P([O-])([O-])[O-].[K+].[K+].[K+]. The Morgan fingerprint density at radius 3 is 0.641 bits per heavy atom. The van der Waals surface area contributed by atoms with E-state index < -0.39 is 7.82 Å². The van der Waals surface area contributed by atoms with E-state index in [1.165, 1.54) is 173 Å². The van der Waals surface area contributed by atoms with Gasteiger partial charge >= 0.3 is 154 Å². The molecule has 0 radical (unpaired) electrons. The van der Waals surface area contributed by atoms with Crippen LogP contribution in [0.3, 0.4) is 0 Å². The van der Waals surface area contributed by atoms with E-state index in [2.05, 4.69) is 6.92 Å². The van der Waals surface area contributed by atoms with Crippen molar-refractivity contribution in [2.75, 3.05) is 6.61 Å². The van der Waals surface area contributed by atoms with Gasteiger partial charge in [0, 0.05) is 6.61 Å². The van der Waals surface area contributed by atoms with Crippen molar-refractivity contribution in [2.45, 2.75) is 187 Å². The van der Waals surface area contributed by atoms with Gasteiger partial charge in [0.05, 0.1) is 0 Å². The van der Waals surface area contributed by atoms with E-state index >= 15 is 0 Å². The van der Waals surface area contributed by atoms with Gasteiger partial charge in [-0.3, -0.25) is 0 Å². The molecule has 9 heteroatoms. The molecule has 0 aliphatic carbocycles. The Hall–Kier alpha value is 4.98. The van der Waals surface area contributed by atoms with Crippen molar-refractivity contribution in [3.8, 4) is 0 Å². The minimum absolute atomic E-state index is 0. The summed E-state index contributed by atoms with van der Waals surface area (Å²) in [6.07, 6.45) is 40.1. The van der Waals surface area contributed by atoms with Gasteiger partial charge in [-0.15, -0.1) is 0 Å². The molecule has 0 amide bonds. The predicted octanol–water partition coefficient (Wildman–Crippen LogP) is -0.891. The maximum absolute atomic E-state index is 8.76. The topological polar surface area (TPSA) is 106 Å². The maximum atomic E-state index is 8.76. The molecule has 0 bridgehead atoms. The minimum Gasteiger partial charge on any atom is -0.822 e. The molecule has 0 fully saturated rings. The van der Waals surface area contributed by atoms with E-state index in [9.17, 15) is 0 Å². The molecule has 0 atom stereocenters. The van der Waals surface area contributed by atoms with Crippen LogP contribution in [0.1, 0.15) is 187 Å². The quantitative estimate of drug-likeness (QED) is 0.0672. The van der Waals surface area contributed by atoms with Gasteiger partial charge < -0.3 is 24.4 Å². The van der Waals surface area contributed by atoms with E-state index in [4.69, 9.17) is 24.4 Å². The molecule has 0 aromatic rings. The molecule has 0 aromatic carbocycles. The molecular weight excluding hydrogens is 589 g/mol. The number of aliphatic hydroxyl groups excluding tert-OH is 1. The average molecular weight is 651 g/mol. The number of hydrogen-bond donors (Lipinski definition) is 1. The molecule has 39 heavy (non-hydrogen) atoms. The molecule has 0 unspecified atom stereocenters. The van der Waals surface area contributed by atoms with Crippen molar-refractivity contribution in [3.63, 3.8) is 0 Å². The average Bonchev–Trinajstić information content (AvgIpc) is 2.82. The van der Waals surface area contributed by atoms with Crippen LogP contribution in [-0.2, 0) is 4.57 Å². The number of rotatable bonds is 28. The third-order valence-corrected chi connectivity index (χ3v) is 7.01. The minimum atomic E-state index is -5.39. The van der Waals surface area contributed by atoms with Gasteiger partial charge in [0.2, 0.25) is 0 Å². The van der Waals surface area contributed by atoms with Gasteiger partial charge in [-0.05, 0) is 6.42 Å². The second-order valence-electron chi connectivity index (χ2n) is 10.7. The Bertz CT molecular complexity index is 407. The van der Waals surface area contributed by atoms with Crippen molar-refractivity contribution in [2.24, 2.45) is 0 Å². The summed E-state index contributed by atoms with van der Waals surface area (Å²) in [5.74, 6) is 0. The van der Waals surface area contributed by atoms with E-state index in [1.807, 2.05) is 0 Å². The molecule has 0 saturated heterocycles. The maximum Gasteiger partial charge on any atom is 1.00 e. The third-order valence-electron chi connectivity index (χ3n) is 7.01. The fraction of sp³-hybridized carbons (Fsp3) is 1.00. The van der Waals surface area contributed by atoms with Crippen LogP contribution >= 0.6 is 7.82 Å². The first-order chi connectivity index (χ1) is 17.4.